The predicted octanol–water partition coefficient (Wildman–Crippen LogP) is 24.3. The van der Waals surface area contributed by atoms with Gasteiger partial charge in [-0.1, -0.05) is 217 Å². The first kappa shape index (κ1) is 59.0. The third-order valence-corrected chi connectivity index (χ3v) is 20.3. The summed E-state index contributed by atoms with van der Waals surface area (Å²) in [4.78, 5) is 17.5. The van der Waals surface area contributed by atoms with E-state index in [1.807, 2.05) is 0 Å². The van der Waals surface area contributed by atoms with Crippen LogP contribution in [0, 0.1) is 41.5 Å². The smallest absolute Gasteiger partial charge is 0.238 e. The highest BCUT2D eigenvalue weighted by molar-refractivity contribution is 6.15. The minimum absolute atomic E-state index is 0.509. The molecule has 0 aliphatic rings. The number of benzene rings is 14. The van der Waals surface area contributed by atoms with E-state index in [-0.39, 0.29) is 0 Å². The molecule has 0 bridgehead atoms. The Balaban J connectivity index is 0.917. The molecule has 18 aromatic rings. The standard InChI is InChI=1S/C93H68N6/c1-57-47-59(3)89(60(4)48-57)71-39-45-87-79(55-71)80-56-72(90-61(5)49-58(2)50-62(90)6)40-46-88(80)99(87)93-95-91(73-31-19-21-33-81(73)97-83-41-35-67(63-23-11-7-12-24-63)51-75(83)76-52-68(36-42-84(76)97)64-25-13-8-14-26-64)94-92(96-93)74-32-20-22-34-82(74)98-85-43-37-69(65-27-15-9-16-28-65)53-77(85)78-54-70(38-44-86(78)98)66-29-17-10-18-30-66/h7-56H,1-6H3. The van der Waals surface area contributed by atoms with Gasteiger partial charge in [-0.15, -0.1) is 0 Å². The van der Waals surface area contributed by atoms with Crippen molar-refractivity contribution in [1.82, 2.24) is 28.7 Å². The quantitative estimate of drug-likeness (QED) is 0.130. The lowest BCUT2D eigenvalue weighted by Gasteiger charge is -2.17. The zero-order chi connectivity index (χ0) is 66.6. The van der Waals surface area contributed by atoms with Crippen molar-refractivity contribution < 1.29 is 0 Å². The van der Waals surface area contributed by atoms with E-state index in [2.05, 4.69) is 359 Å². The van der Waals surface area contributed by atoms with Crippen LogP contribution in [-0.2, 0) is 0 Å². The largest absolute Gasteiger partial charge is 0.309 e. The van der Waals surface area contributed by atoms with Gasteiger partial charge in [0.1, 0.15) is 0 Å². The van der Waals surface area contributed by atoms with Crippen LogP contribution in [0.3, 0.4) is 0 Å². The monoisotopic (exact) mass is 1270 g/mol. The Morgan fingerprint density at radius 1 is 0.212 bits per heavy atom. The molecule has 0 unspecified atom stereocenters. The number of hydrogen-bond acceptors (Lipinski definition) is 3. The summed E-state index contributed by atoms with van der Waals surface area (Å²) in [5.41, 5.74) is 31.5. The highest BCUT2D eigenvalue weighted by Gasteiger charge is 2.26. The van der Waals surface area contributed by atoms with Crippen LogP contribution in [0.1, 0.15) is 33.4 Å². The third-order valence-electron chi connectivity index (χ3n) is 20.3. The fourth-order valence-corrected chi connectivity index (χ4v) is 16.0. The molecular weight excluding hydrogens is 1200 g/mol. The van der Waals surface area contributed by atoms with Crippen LogP contribution in [-0.4, -0.2) is 28.7 Å². The fourth-order valence-electron chi connectivity index (χ4n) is 16.0. The lowest BCUT2D eigenvalue weighted by molar-refractivity contribution is 0.950. The van der Waals surface area contributed by atoms with E-state index < -0.39 is 0 Å². The van der Waals surface area contributed by atoms with Crippen molar-refractivity contribution >= 4 is 65.4 Å². The van der Waals surface area contributed by atoms with Gasteiger partial charge in [-0.05, 0) is 228 Å². The average molecular weight is 1270 g/mol. The maximum Gasteiger partial charge on any atom is 0.238 e. The number of aryl methyl sites for hydroxylation is 6. The Labute approximate surface area is 575 Å². The molecule has 6 heteroatoms. The van der Waals surface area contributed by atoms with Crippen LogP contribution in [0.4, 0.5) is 0 Å². The second kappa shape index (κ2) is 23.7. The van der Waals surface area contributed by atoms with Gasteiger partial charge in [-0.2, -0.15) is 9.97 Å². The maximum atomic E-state index is 5.84. The van der Waals surface area contributed by atoms with Crippen LogP contribution < -0.4 is 0 Å². The number of rotatable bonds is 11. The van der Waals surface area contributed by atoms with Crippen molar-refractivity contribution in [2.45, 2.75) is 41.5 Å². The van der Waals surface area contributed by atoms with Crippen molar-refractivity contribution in [2.75, 3.05) is 0 Å². The number of hydrogen-bond donors (Lipinski definition) is 0. The van der Waals surface area contributed by atoms with Gasteiger partial charge in [0.25, 0.3) is 0 Å². The Hall–Kier alpha value is -12.5. The molecule has 14 aromatic carbocycles. The van der Waals surface area contributed by atoms with Gasteiger partial charge in [0, 0.05) is 43.4 Å². The molecule has 470 valence electrons. The molecule has 4 aromatic heterocycles. The van der Waals surface area contributed by atoms with Crippen molar-refractivity contribution in [2.24, 2.45) is 0 Å². The minimum atomic E-state index is 0.509. The summed E-state index contributed by atoms with van der Waals surface area (Å²) < 4.78 is 7.12. The molecule has 6 nitrogen and oxygen atoms in total. The molecule has 0 saturated heterocycles. The van der Waals surface area contributed by atoms with Crippen molar-refractivity contribution in [1.29, 1.82) is 0 Å². The molecular formula is C93H68N6. The van der Waals surface area contributed by atoms with Gasteiger partial charge in [0.05, 0.1) is 44.5 Å². The second-order valence-electron chi connectivity index (χ2n) is 26.7. The van der Waals surface area contributed by atoms with Crippen molar-refractivity contribution in [3.05, 3.63) is 337 Å². The highest BCUT2D eigenvalue weighted by Crippen LogP contribution is 2.45. The van der Waals surface area contributed by atoms with Gasteiger partial charge < -0.3 is 9.13 Å². The molecule has 0 N–H and O–H groups in total. The molecule has 0 fully saturated rings. The highest BCUT2D eigenvalue weighted by atomic mass is 15.2. The van der Waals surface area contributed by atoms with E-state index in [9.17, 15) is 0 Å². The van der Waals surface area contributed by atoms with E-state index in [1.54, 1.807) is 0 Å². The van der Waals surface area contributed by atoms with E-state index in [0.717, 1.165) is 110 Å². The summed E-state index contributed by atoms with van der Waals surface area (Å²) >= 11 is 0. The lowest BCUT2D eigenvalue weighted by atomic mass is 9.91. The SMILES string of the molecule is Cc1cc(C)c(-c2ccc3c(c2)c2cc(-c4c(C)cc(C)cc4C)ccc2n3-c2nc(-c3ccccc3-n3c4ccc(-c5ccccc5)cc4c4cc(-c5ccccc5)ccc43)nc(-c3ccccc3-n3c4ccc(-c5ccccc5)cc4c4cc(-c5ccccc5)ccc43)n2)c(C)c1. The summed E-state index contributed by atoms with van der Waals surface area (Å²) in [5.74, 6) is 1.59. The zero-order valence-corrected chi connectivity index (χ0v) is 56.1. The molecule has 0 amide bonds. The minimum Gasteiger partial charge on any atom is -0.309 e. The maximum absolute atomic E-state index is 5.84. The van der Waals surface area contributed by atoms with E-state index in [1.165, 1.54) is 77.9 Å². The molecule has 0 radical (unpaired) electrons. The van der Waals surface area contributed by atoms with Gasteiger partial charge in [0.15, 0.2) is 11.6 Å². The molecule has 18 rings (SSSR count). The van der Waals surface area contributed by atoms with Gasteiger partial charge in [0.2, 0.25) is 5.95 Å². The Bertz CT molecular complexity index is 5650. The summed E-state index contributed by atoms with van der Waals surface area (Å²) in [6, 6.07) is 111. The first-order valence-corrected chi connectivity index (χ1v) is 34.1. The summed E-state index contributed by atoms with van der Waals surface area (Å²) in [6.07, 6.45) is 0. The second-order valence-corrected chi connectivity index (χ2v) is 26.7. The number of aromatic nitrogens is 6. The van der Waals surface area contributed by atoms with Crippen molar-refractivity contribution in [3.8, 4) is 107 Å². The molecule has 4 heterocycles. The fraction of sp³-hybridized carbons (Fsp3) is 0.0645. The topological polar surface area (TPSA) is 53.5 Å². The summed E-state index contributed by atoms with van der Waals surface area (Å²) in [7, 11) is 0. The first-order chi connectivity index (χ1) is 48.5. The summed E-state index contributed by atoms with van der Waals surface area (Å²) in [5, 5.41) is 6.83. The van der Waals surface area contributed by atoms with E-state index in [0.29, 0.717) is 17.6 Å². The van der Waals surface area contributed by atoms with Crippen LogP contribution in [0.5, 0.6) is 0 Å². The third kappa shape index (κ3) is 10.1. The number of nitrogens with zero attached hydrogens (tertiary/aromatic N) is 6. The molecule has 0 spiro atoms. The predicted molar refractivity (Wildman–Crippen MR) is 415 cm³/mol. The normalized spacial score (nSPS) is 11.7. The van der Waals surface area contributed by atoms with Crippen LogP contribution in [0.15, 0.2) is 303 Å². The summed E-state index contributed by atoms with van der Waals surface area (Å²) in [6.45, 7) is 13.3. The van der Waals surface area contributed by atoms with Gasteiger partial charge >= 0.3 is 0 Å². The Morgan fingerprint density at radius 3 is 0.768 bits per heavy atom. The molecule has 0 atom stereocenters. The van der Waals surface area contributed by atoms with Crippen LogP contribution >= 0.6 is 0 Å². The number of para-hydroxylation sites is 2. The average Bonchev–Trinajstić information content (AvgIpc) is 1.64. The Kier molecular flexibility index (Phi) is 14.1. The zero-order valence-electron chi connectivity index (χ0n) is 56.1. The number of fused-ring (bicyclic) bond motifs is 9. The van der Waals surface area contributed by atoms with Gasteiger partial charge in [-0.3, -0.25) is 4.57 Å². The first-order valence-electron chi connectivity index (χ1n) is 34.1. The van der Waals surface area contributed by atoms with Gasteiger partial charge in [-0.25, -0.2) is 4.98 Å². The molecule has 0 aliphatic heterocycles. The molecule has 99 heavy (non-hydrogen) atoms. The van der Waals surface area contributed by atoms with E-state index >= 15 is 0 Å². The molecule has 0 aliphatic carbocycles. The van der Waals surface area contributed by atoms with Crippen LogP contribution in [0.2, 0.25) is 0 Å². The Morgan fingerprint density at radius 2 is 0.465 bits per heavy atom. The van der Waals surface area contributed by atoms with Crippen molar-refractivity contribution in [3.63, 3.8) is 0 Å². The lowest BCUT2D eigenvalue weighted by Crippen LogP contribution is -2.09. The van der Waals surface area contributed by atoms with E-state index in [4.69, 9.17) is 15.0 Å². The molecule has 0 saturated carbocycles. The van der Waals surface area contributed by atoms with Crippen LogP contribution in [0.25, 0.3) is 172 Å².